The van der Waals surface area contributed by atoms with Crippen molar-refractivity contribution < 1.29 is 29.3 Å². The van der Waals surface area contributed by atoms with E-state index in [0.29, 0.717) is 0 Å². The minimum absolute atomic E-state index is 0.188. The number of hydrogen-bond acceptors (Lipinski definition) is 6. The van der Waals surface area contributed by atoms with Crippen LogP contribution in [0.3, 0.4) is 0 Å². The van der Waals surface area contributed by atoms with Crippen LogP contribution in [0.2, 0.25) is 0 Å². The van der Waals surface area contributed by atoms with Gasteiger partial charge in [-0.15, -0.1) is 0 Å². The third kappa shape index (κ3) is 9.51. The van der Waals surface area contributed by atoms with E-state index in [1.807, 2.05) is 41.5 Å². The monoisotopic (exact) mass is 430 g/mol. The first-order valence-corrected chi connectivity index (χ1v) is 10.9. The molecule has 0 aromatic heterocycles. The fourth-order valence-corrected chi connectivity index (χ4v) is 3.65. The van der Waals surface area contributed by atoms with Gasteiger partial charge in [-0.1, -0.05) is 0 Å². The summed E-state index contributed by atoms with van der Waals surface area (Å²) in [7, 11) is 0. The minimum atomic E-state index is -0.795. The highest BCUT2D eigenvalue weighted by atomic mass is 16.6. The molecule has 0 aliphatic heterocycles. The van der Waals surface area contributed by atoms with Crippen molar-refractivity contribution in [2.45, 2.75) is 128 Å². The molecule has 2 aliphatic rings. The maximum absolute atomic E-state index is 11.5. The summed E-state index contributed by atoms with van der Waals surface area (Å²) in [6.07, 6.45) is 4.06. The first-order chi connectivity index (χ1) is 13.4. The van der Waals surface area contributed by atoms with Gasteiger partial charge >= 0.3 is 12.2 Å². The molecule has 2 amide bonds. The maximum Gasteiger partial charge on any atom is 0.407 e. The van der Waals surface area contributed by atoms with Gasteiger partial charge in [0, 0.05) is 0 Å². The summed E-state index contributed by atoms with van der Waals surface area (Å²) in [6, 6.07) is -0.375. The van der Waals surface area contributed by atoms with Gasteiger partial charge < -0.3 is 30.3 Å². The Balaban J connectivity index is 0.000000300. The smallest absolute Gasteiger partial charge is 0.407 e. The topological polar surface area (TPSA) is 117 Å². The number of amides is 2. The molecular weight excluding hydrogens is 388 g/mol. The van der Waals surface area contributed by atoms with Crippen LogP contribution in [-0.4, -0.2) is 56.9 Å². The largest absolute Gasteiger partial charge is 0.444 e. The highest BCUT2D eigenvalue weighted by Crippen LogP contribution is 2.30. The second-order valence-electron chi connectivity index (χ2n) is 10.9. The Kier molecular flexibility index (Phi) is 8.59. The van der Waals surface area contributed by atoms with Crippen molar-refractivity contribution in [1.29, 1.82) is 0 Å². The van der Waals surface area contributed by atoms with E-state index in [1.165, 1.54) is 0 Å². The molecular formula is C22H42N2O6. The highest BCUT2D eigenvalue weighted by Gasteiger charge is 2.39. The molecule has 8 heteroatoms. The molecule has 0 heterocycles. The number of nitrogens with one attached hydrogen (secondary N) is 2. The van der Waals surface area contributed by atoms with Gasteiger partial charge in [0.15, 0.2) is 0 Å². The minimum Gasteiger partial charge on any atom is -0.444 e. The van der Waals surface area contributed by atoms with Crippen molar-refractivity contribution in [3.05, 3.63) is 0 Å². The lowest BCUT2D eigenvalue weighted by Crippen LogP contribution is -2.48. The second kappa shape index (κ2) is 9.73. The summed E-state index contributed by atoms with van der Waals surface area (Å²) in [6.45, 7) is 14.4. The molecule has 176 valence electrons. The van der Waals surface area contributed by atoms with Gasteiger partial charge in [-0.25, -0.2) is 9.59 Å². The number of carbonyl (C=O) groups is 2. The summed E-state index contributed by atoms with van der Waals surface area (Å²) in [5.74, 6) is 0. The molecule has 2 fully saturated rings. The molecule has 2 saturated carbocycles. The lowest BCUT2D eigenvalue weighted by Gasteiger charge is -2.28. The van der Waals surface area contributed by atoms with Gasteiger partial charge in [-0.05, 0) is 93.9 Å². The predicted octanol–water partition coefficient (Wildman–Crippen LogP) is 3.63. The Morgan fingerprint density at radius 1 is 0.767 bits per heavy atom. The lowest BCUT2D eigenvalue weighted by molar-refractivity contribution is 0.0194. The normalized spacial score (nSPS) is 31.4. The molecule has 2 rings (SSSR count). The predicted molar refractivity (Wildman–Crippen MR) is 115 cm³/mol. The van der Waals surface area contributed by atoms with Crippen LogP contribution in [0, 0.1) is 0 Å². The third-order valence-electron chi connectivity index (χ3n) is 5.23. The zero-order valence-corrected chi connectivity index (χ0v) is 19.9. The van der Waals surface area contributed by atoms with E-state index in [9.17, 15) is 19.8 Å². The molecule has 0 saturated heterocycles. The first kappa shape index (κ1) is 26.5. The van der Waals surface area contributed by atoms with Crippen molar-refractivity contribution in [3.63, 3.8) is 0 Å². The molecule has 8 nitrogen and oxygen atoms in total. The van der Waals surface area contributed by atoms with Crippen molar-refractivity contribution in [2.24, 2.45) is 0 Å². The Hall–Kier alpha value is -1.54. The molecule has 0 aromatic rings. The van der Waals surface area contributed by atoms with Crippen molar-refractivity contribution in [3.8, 4) is 0 Å². The molecule has 30 heavy (non-hydrogen) atoms. The van der Waals surface area contributed by atoms with Crippen molar-refractivity contribution >= 4 is 12.2 Å². The standard InChI is InChI=1S/2C11H21NO3/c2*1-10(2,3)15-9(13)12-8-6-5-7-11(8,4)14/h2*8,14H,5-7H2,1-4H3,(H,12,13)/t2*8-,11-/m10/s1. The molecule has 0 unspecified atom stereocenters. The van der Waals surface area contributed by atoms with Crippen molar-refractivity contribution in [1.82, 2.24) is 10.6 Å². The number of ether oxygens (including phenoxy) is 2. The summed E-state index contributed by atoms with van der Waals surface area (Å²) in [5.41, 5.74) is -2.57. The van der Waals surface area contributed by atoms with Crippen LogP contribution in [0.5, 0.6) is 0 Å². The number of aliphatic hydroxyl groups is 2. The van der Waals surface area contributed by atoms with Crippen LogP contribution in [0.4, 0.5) is 9.59 Å². The SMILES string of the molecule is CC(C)(C)OC(=O)N[C@@H]1CCC[C@@]1(C)O.CC(C)(C)OC(=O)N[C@H]1CCC[C@]1(C)O. The van der Waals surface area contributed by atoms with Gasteiger partial charge in [0.05, 0.1) is 23.3 Å². The third-order valence-corrected chi connectivity index (χ3v) is 5.23. The fourth-order valence-electron chi connectivity index (χ4n) is 3.65. The number of carbonyl (C=O) groups excluding carboxylic acids is 2. The van der Waals surface area contributed by atoms with E-state index < -0.39 is 34.6 Å². The molecule has 0 bridgehead atoms. The van der Waals surface area contributed by atoms with E-state index in [2.05, 4.69) is 10.6 Å². The number of alkyl carbamates (subject to hydrolysis) is 2. The van der Waals surface area contributed by atoms with Gasteiger partial charge in [0.1, 0.15) is 11.2 Å². The number of rotatable bonds is 2. The molecule has 4 N–H and O–H groups in total. The summed E-state index contributed by atoms with van der Waals surface area (Å²) in [5, 5.41) is 25.3. The summed E-state index contributed by atoms with van der Waals surface area (Å²) >= 11 is 0. The fraction of sp³-hybridized carbons (Fsp3) is 0.909. The highest BCUT2D eigenvalue weighted by molar-refractivity contribution is 5.68. The molecule has 2 aliphatic carbocycles. The first-order valence-electron chi connectivity index (χ1n) is 10.9. The van der Waals surface area contributed by atoms with Gasteiger partial charge in [0.25, 0.3) is 0 Å². The van der Waals surface area contributed by atoms with Crippen LogP contribution < -0.4 is 10.6 Å². The molecule has 4 atom stereocenters. The molecule has 0 radical (unpaired) electrons. The van der Waals surface area contributed by atoms with Crippen LogP contribution in [0.25, 0.3) is 0 Å². The summed E-state index contributed by atoms with van der Waals surface area (Å²) < 4.78 is 10.3. The Labute approximate surface area is 181 Å². The van der Waals surface area contributed by atoms with E-state index >= 15 is 0 Å². The van der Waals surface area contributed by atoms with Gasteiger partial charge in [-0.3, -0.25) is 0 Å². The second-order valence-corrected chi connectivity index (χ2v) is 10.9. The zero-order chi connectivity index (χ0) is 23.4. The lowest BCUT2D eigenvalue weighted by atomic mass is 10.0. The maximum atomic E-state index is 11.5. The Morgan fingerprint density at radius 3 is 1.27 bits per heavy atom. The quantitative estimate of drug-likeness (QED) is 0.531. The Morgan fingerprint density at radius 2 is 1.07 bits per heavy atom. The molecule has 0 aromatic carbocycles. The Bertz CT molecular complexity index is 537. The number of hydrogen-bond donors (Lipinski definition) is 4. The van der Waals surface area contributed by atoms with E-state index in [4.69, 9.17) is 9.47 Å². The van der Waals surface area contributed by atoms with Gasteiger partial charge in [0.2, 0.25) is 0 Å². The van der Waals surface area contributed by atoms with Crippen LogP contribution in [0.1, 0.15) is 93.9 Å². The average molecular weight is 431 g/mol. The molecule has 0 spiro atoms. The van der Waals surface area contributed by atoms with Crippen LogP contribution in [-0.2, 0) is 9.47 Å². The van der Waals surface area contributed by atoms with Crippen LogP contribution in [0.15, 0.2) is 0 Å². The van der Waals surface area contributed by atoms with E-state index in [-0.39, 0.29) is 12.1 Å². The average Bonchev–Trinajstić information content (AvgIpc) is 2.98. The van der Waals surface area contributed by atoms with E-state index in [0.717, 1.165) is 38.5 Å². The van der Waals surface area contributed by atoms with Crippen LogP contribution >= 0.6 is 0 Å². The summed E-state index contributed by atoms with van der Waals surface area (Å²) in [4.78, 5) is 22.9. The van der Waals surface area contributed by atoms with Crippen molar-refractivity contribution in [2.75, 3.05) is 0 Å². The van der Waals surface area contributed by atoms with E-state index in [1.54, 1.807) is 13.8 Å². The van der Waals surface area contributed by atoms with Gasteiger partial charge in [-0.2, -0.15) is 0 Å². The zero-order valence-electron chi connectivity index (χ0n) is 19.9.